The van der Waals surface area contributed by atoms with Crippen LogP contribution in [0.15, 0.2) is 33.4 Å². The van der Waals surface area contributed by atoms with E-state index in [2.05, 4.69) is 36.2 Å². The number of rotatable bonds is 2. The van der Waals surface area contributed by atoms with Crippen molar-refractivity contribution in [2.75, 3.05) is 0 Å². The molecule has 0 saturated heterocycles. The van der Waals surface area contributed by atoms with E-state index in [1.807, 2.05) is 27.4 Å². The molecule has 1 aliphatic heterocycles. The van der Waals surface area contributed by atoms with Gasteiger partial charge in [0.15, 0.2) is 16.8 Å². The van der Waals surface area contributed by atoms with Crippen molar-refractivity contribution in [3.63, 3.8) is 0 Å². The van der Waals surface area contributed by atoms with E-state index in [4.69, 9.17) is 21.0 Å². The number of nitrogens with zero attached hydrogens (tertiary/aromatic N) is 7. The van der Waals surface area contributed by atoms with Crippen LogP contribution in [0.1, 0.15) is 23.3 Å². The van der Waals surface area contributed by atoms with E-state index in [1.54, 1.807) is 13.3 Å². The lowest BCUT2D eigenvalue weighted by molar-refractivity contribution is 0.473. The first-order valence-corrected chi connectivity index (χ1v) is 9.00. The van der Waals surface area contributed by atoms with Gasteiger partial charge in [-0.15, -0.1) is 10.2 Å². The Morgan fingerprint density at radius 1 is 1.31 bits per heavy atom. The van der Waals surface area contributed by atoms with E-state index in [-0.39, 0.29) is 0 Å². The molecule has 4 heterocycles. The molecule has 1 aromatic carbocycles. The van der Waals surface area contributed by atoms with Gasteiger partial charge in [0, 0.05) is 17.0 Å². The van der Waals surface area contributed by atoms with Crippen LogP contribution in [0, 0.1) is 6.92 Å². The molecule has 0 spiro atoms. The fourth-order valence-electron chi connectivity index (χ4n) is 3.06. The lowest BCUT2D eigenvalue weighted by Crippen LogP contribution is -2.05. The summed E-state index contributed by atoms with van der Waals surface area (Å²) in [7, 11) is 0. The van der Waals surface area contributed by atoms with E-state index in [0.717, 1.165) is 27.2 Å². The van der Waals surface area contributed by atoms with Crippen LogP contribution in [-0.2, 0) is 13.0 Å². The molecule has 0 saturated carbocycles. The number of benzene rings is 1. The fraction of sp³-hybridized carbons (Fsp3) is 0.188. The molecule has 5 rings (SSSR count). The topological polar surface area (TPSA) is 87.5 Å². The molecule has 26 heavy (non-hydrogen) atoms. The van der Waals surface area contributed by atoms with Crippen LogP contribution in [0.2, 0.25) is 5.15 Å². The van der Waals surface area contributed by atoms with Crippen molar-refractivity contribution in [2.45, 2.75) is 19.9 Å². The molecule has 8 nitrogen and oxygen atoms in total. The van der Waals surface area contributed by atoms with Gasteiger partial charge in [0.2, 0.25) is 11.8 Å². The highest BCUT2D eigenvalue weighted by Gasteiger charge is 2.25. The molecule has 0 bridgehead atoms. The number of hydrogen-bond acceptors (Lipinski definition) is 6. The Labute approximate surface area is 161 Å². The lowest BCUT2D eigenvalue weighted by atomic mass is 10.1. The van der Waals surface area contributed by atoms with Crippen molar-refractivity contribution >= 4 is 27.5 Å². The van der Waals surface area contributed by atoms with Gasteiger partial charge < -0.3 is 4.42 Å². The average molecular weight is 433 g/mol. The van der Waals surface area contributed by atoms with Gasteiger partial charge in [0.05, 0.1) is 24.3 Å². The van der Waals surface area contributed by atoms with E-state index in [1.165, 1.54) is 0 Å². The summed E-state index contributed by atoms with van der Waals surface area (Å²) in [6.07, 6.45) is 2.09. The molecule has 1 aliphatic rings. The van der Waals surface area contributed by atoms with E-state index >= 15 is 0 Å². The number of hydrogen-bond donors (Lipinski definition) is 0. The summed E-state index contributed by atoms with van der Waals surface area (Å²) < 4.78 is 10.2. The number of imidazole rings is 1. The zero-order chi connectivity index (χ0) is 17.8. The van der Waals surface area contributed by atoms with Crippen molar-refractivity contribution in [1.82, 2.24) is 34.5 Å². The Kier molecular flexibility index (Phi) is 3.47. The molecule has 0 atom stereocenters. The molecule has 0 radical (unpaired) electrons. The SMILES string of the molecule is Cc1nnc(Cc2nc3n(n2)Cc2c(Cl)ncn2-c2ccc(Br)cc2-3)o1. The highest BCUT2D eigenvalue weighted by Crippen LogP contribution is 2.34. The Hall–Kier alpha value is -2.52. The van der Waals surface area contributed by atoms with Crippen LogP contribution >= 0.6 is 27.5 Å². The maximum Gasteiger partial charge on any atom is 0.224 e. The molecule has 0 amide bonds. The van der Waals surface area contributed by atoms with Gasteiger partial charge >= 0.3 is 0 Å². The third-order valence-electron chi connectivity index (χ3n) is 4.17. The van der Waals surface area contributed by atoms with Crippen LogP contribution in [0.3, 0.4) is 0 Å². The van der Waals surface area contributed by atoms with Crippen molar-refractivity contribution in [2.24, 2.45) is 0 Å². The van der Waals surface area contributed by atoms with Gasteiger partial charge in [0.1, 0.15) is 6.33 Å². The van der Waals surface area contributed by atoms with E-state index in [9.17, 15) is 0 Å². The normalized spacial score (nSPS) is 12.4. The average Bonchev–Trinajstić information content (AvgIpc) is 3.28. The Morgan fingerprint density at radius 2 is 2.19 bits per heavy atom. The Bertz CT molecular complexity index is 1150. The third kappa shape index (κ3) is 2.46. The quantitative estimate of drug-likeness (QED) is 0.426. The second-order valence-corrected chi connectivity index (χ2v) is 7.19. The molecular weight excluding hydrogens is 422 g/mol. The maximum absolute atomic E-state index is 6.30. The summed E-state index contributed by atoms with van der Waals surface area (Å²) >= 11 is 9.83. The number of aryl methyl sites for hydroxylation is 1. The minimum atomic E-state index is 0.372. The first kappa shape index (κ1) is 15.7. The Balaban J connectivity index is 1.67. The molecule has 3 aromatic heterocycles. The van der Waals surface area contributed by atoms with Crippen molar-refractivity contribution in [3.05, 3.63) is 57.5 Å². The van der Waals surface area contributed by atoms with Crippen LogP contribution in [0.4, 0.5) is 0 Å². The van der Waals surface area contributed by atoms with Gasteiger partial charge in [0.25, 0.3) is 0 Å². The summed E-state index contributed by atoms with van der Waals surface area (Å²) in [5, 5.41) is 12.9. The van der Waals surface area contributed by atoms with Gasteiger partial charge in [-0.05, 0) is 18.2 Å². The number of fused-ring (bicyclic) bond motifs is 5. The highest BCUT2D eigenvalue weighted by atomic mass is 79.9. The fourth-order valence-corrected chi connectivity index (χ4v) is 3.61. The van der Waals surface area contributed by atoms with Crippen molar-refractivity contribution < 1.29 is 4.42 Å². The summed E-state index contributed by atoms with van der Waals surface area (Å²) in [6, 6.07) is 6.00. The second kappa shape index (κ2) is 5.75. The maximum atomic E-state index is 6.30. The standard InChI is InChI=1S/C16H11BrClN7O/c1-8-21-22-14(26-8)5-13-20-16-10-4-9(17)2-3-11(10)24-7-19-15(18)12(24)6-25(16)23-13/h2-4,7H,5-6H2,1H3. The largest absolute Gasteiger partial charge is 0.425 e. The Morgan fingerprint density at radius 3 is 3.00 bits per heavy atom. The summed E-state index contributed by atoms with van der Waals surface area (Å²) in [5.74, 6) is 2.37. The lowest BCUT2D eigenvalue weighted by Gasteiger charge is -2.08. The predicted octanol–water partition coefficient (Wildman–Crippen LogP) is 3.19. The number of halogens is 2. The molecule has 0 fully saturated rings. The minimum Gasteiger partial charge on any atom is -0.425 e. The van der Waals surface area contributed by atoms with Gasteiger partial charge in [-0.1, -0.05) is 27.5 Å². The minimum absolute atomic E-state index is 0.372. The zero-order valence-corrected chi connectivity index (χ0v) is 15.9. The first-order chi connectivity index (χ1) is 12.6. The molecule has 0 unspecified atom stereocenters. The number of aromatic nitrogens is 7. The smallest absolute Gasteiger partial charge is 0.224 e. The van der Waals surface area contributed by atoms with E-state index in [0.29, 0.717) is 35.7 Å². The summed E-state index contributed by atoms with van der Waals surface area (Å²) in [6.45, 7) is 2.22. The molecule has 0 aliphatic carbocycles. The molecule has 130 valence electrons. The van der Waals surface area contributed by atoms with E-state index < -0.39 is 0 Å². The van der Waals surface area contributed by atoms with Crippen LogP contribution in [0.25, 0.3) is 17.1 Å². The first-order valence-electron chi connectivity index (χ1n) is 7.83. The van der Waals surface area contributed by atoms with Gasteiger partial charge in [-0.2, -0.15) is 5.10 Å². The second-order valence-electron chi connectivity index (χ2n) is 5.91. The summed E-state index contributed by atoms with van der Waals surface area (Å²) in [5.41, 5.74) is 2.75. The van der Waals surface area contributed by atoms with Crippen LogP contribution < -0.4 is 0 Å². The van der Waals surface area contributed by atoms with Crippen LogP contribution in [0.5, 0.6) is 0 Å². The molecular formula is C16H11BrClN7O. The summed E-state index contributed by atoms with van der Waals surface area (Å²) in [4.78, 5) is 8.95. The zero-order valence-electron chi connectivity index (χ0n) is 13.5. The monoisotopic (exact) mass is 431 g/mol. The van der Waals surface area contributed by atoms with Crippen molar-refractivity contribution in [1.29, 1.82) is 0 Å². The van der Waals surface area contributed by atoms with Crippen LogP contribution in [-0.4, -0.2) is 34.5 Å². The third-order valence-corrected chi connectivity index (χ3v) is 4.98. The van der Waals surface area contributed by atoms with Gasteiger partial charge in [-0.25, -0.2) is 14.6 Å². The molecule has 0 N–H and O–H groups in total. The van der Waals surface area contributed by atoms with Crippen molar-refractivity contribution in [3.8, 4) is 17.1 Å². The molecule has 10 heteroatoms. The molecule has 4 aromatic rings. The highest BCUT2D eigenvalue weighted by molar-refractivity contribution is 9.10. The predicted molar refractivity (Wildman–Crippen MR) is 96.2 cm³/mol. The van der Waals surface area contributed by atoms with Gasteiger partial charge in [-0.3, -0.25) is 4.57 Å².